The minimum Gasteiger partial charge on any atom is -1.00 e. The SMILES string of the molecule is Cc1ccc(C(=O)CCN2CCC(C)CC2)o1.[Cl-]. The molecule has 0 atom stereocenters. The van der Waals surface area contributed by atoms with Crippen molar-refractivity contribution in [2.24, 2.45) is 5.92 Å². The molecule has 3 nitrogen and oxygen atoms in total. The van der Waals surface area contributed by atoms with Crippen LogP contribution in [0.1, 0.15) is 42.5 Å². The van der Waals surface area contributed by atoms with Crippen LogP contribution < -0.4 is 12.4 Å². The first kappa shape index (κ1) is 15.3. The molecule has 1 saturated heterocycles. The lowest BCUT2D eigenvalue weighted by atomic mass is 9.99. The van der Waals surface area contributed by atoms with E-state index in [2.05, 4.69) is 11.8 Å². The van der Waals surface area contributed by atoms with Gasteiger partial charge in [0.1, 0.15) is 5.76 Å². The molecule has 1 aromatic heterocycles. The number of rotatable bonds is 4. The normalized spacial score (nSPS) is 17.4. The molecule has 4 heteroatoms. The first-order valence-corrected chi connectivity index (χ1v) is 6.47. The Kier molecular flexibility index (Phi) is 5.89. The lowest BCUT2D eigenvalue weighted by Crippen LogP contribution is -3.00. The lowest BCUT2D eigenvalue weighted by Gasteiger charge is -2.29. The van der Waals surface area contributed by atoms with E-state index in [4.69, 9.17) is 4.42 Å². The van der Waals surface area contributed by atoms with Gasteiger partial charge in [-0.05, 0) is 50.9 Å². The largest absolute Gasteiger partial charge is 1.00 e. The van der Waals surface area contributed by atoms with Gasteiger partial charge in [-0.1, -0.05) is 6.92 Å². The molecule has 2 heterocycles. The van der Waals surface area contributed by atoms with Gasteiger partial charge >= 0.3 is 0 Å². The molecule has 0 unspecified atom stereocenters. The average Bonchev–Trinajstić information content (AvgIpc) is 2.75. The molecular formula is C14H21ClNO2-. The summed E-state index contributed by atoms with van der Waals surface area (Å²) < 4.78 is 5.33. The molecule has 0 amide bonds. The zero-order valence-electron chi connectivity index (χ0n) is 11.1. The summed E-state index contributed by atoms with van der Waals surface area (Å²) in [4.78, 5) is 14.2. The molecule has 18 heavy (non-hydrogen) atoms. The fraction of sp³-hybridized carbons (Fsp3) is 0.643. The van der Waals surface area contributed by atoms with Crippen LogP contribution in [0.3, 0.4) is 0 Å². The number of halogens is 1. The van der Waals surface area contributed by atoms with Crippen molar-refractivity contribution in [3.8, 4) is 0 Å². The molecule has 0 spiro atoms. The van der Waals surface area contributed by atoms with E-state index in [-0.39, 0.29) is 18.2 Å². The van der Waals surface area contributed by atoms with Crippen molar-refractivity contribution in [3.63, 3.8) is 0 Å². The third-order valence-electron chi connectivity index (χ3n) is 3.55. The van der Waals surface area contributed by atoms with Crippen LogP contribution in [0, 0.1) is 12.8 Å². The summed E-state index contributed by atoms with van der Waals surface area (Å²) in [6.07, 6.45) is 3.09. The number of carbonyl (C=O) groups excluding carboxylic acids is 1. The predicted octanol–water partition coefficient (Wildman–Crippen LogP) is -0.103. The number of likely N-dealkylation sites (tertiary alicyclic amines) is 1. The zero-order valence-corrected chi connectivity index (χ0v) is 11.9. The van der Waals surface area contributed by atoms with Crippen LogP contribution in [0.5, 0.6) is 0 Å². The lowest BCUT2D eigenvalue weighted by molar-refractivity contribution is -0.0000121. The minimum atomic E-state index is 0. The van der Waals surface area contributed by atoms with E-state index in [1.54, 1.807) is 6.07 Å². The van der Waals surface area contributed by atoms with E-state index >= 15 is 0 Å². The molecule has 0 N–H and O–H groups in total. The monoisotopic (exact) mass is 270 g/mol. The average molecular weight is 271 g/mol. The Morgan fingerprint density at radius 2 is 2.06 bits per heavy atom. The second-order valence-electron chi connectivity index (χ2n) is 5.11. The number of carbonyl (C=O) groups is 1. The number of hydrogen-bond acceptors (Lipinski definition) is 3. The van der Waals surface area contributed by atoms with Crippen LogP contribution in [0.2, 0.25) is 0 Å². The maximum Gasteiger partial charge on any atom is 0.199 e. The summed E-state index contributed by atoms with van der Waals surface area (Å²) in [6.45, 7) is 7.29. The highest BCUT2D eigenvalue weighted by Crippen LogP contribution is 2.16. The Bertz CT molecular complexity index is 381. The van der Waals surface area contributed by atoms with Crippen LogP contribution in [-0.4, -0.2) is 30.3 Å². The fourth-order valence-electron chi connectivity index (χ4n) is 2.25. The van der Waals surface area contributed by atoms with Gasteiger partial charge in [-0.25, -0.2) is 0 Å². The Morgan fingerprint density at radius 1 is 1.39 bits per heavy atom. The van der Waals surface area contributed by atoms with Crippen molar-refractivity contribution in [1.29, 1.82) is 0 Å². The predicted molar refractivity (Wildman–Crippen MR) is 67.2 cm³/mol. The van der Waals surface area contributed by atoms with E-state index in [1.165, 1.54) is 12.8 Å². The smallest absolute Gasteiger partial charge is 0.199 e. The van der Waals surface area contributed by atoms with Crippen LogP contribution in [0.25, 0.3) is 0 Å². The topological polar surface area (TPSA) is 33.5 Å². The number of hydrogen-bond donors (Lipinski definition) is 0. The van der Waals surface area contributed by atoms with Crippen molar-refractivity contribution in [2.75, 3.05) is 19.6 Å². The summed E-state index contributed by atoms with van der Waals surface area (Å²) in [6, 6.07) is 3.62. The van der Waals surface area contributed by atoms with Crippen LogP contribution in [0.15, 0.2) is 16.5 Å². The summed E-state index contributed by atoms with van der Waals surface area (Å²) in [5.41, 5.74) is 0. The van der Waals surface area contributed by atoms with E-state index < -0.39 is 0 Å². The van der Waals surface area contributed by atoms with Crippen LogP contribution in [0.4, 0.5) is 0 Å². The molecule has 0 aromatic carbocycles. The number of Topliss-reactive ketones (excluding diaryl/α,β-unsaturated/α-hetero) is 1. The van der Waals surface area contributed by atoms with Crippen molar-refractivity contribution >= 4 is 5.78 Å². The van der Waals surface area contributed by atoms with Crippen molar-refractivity contribution < 1.29 is 21.6 Å². The number of nitrogens with zero attached hydrogens (tertiary/aromatic N) is 1. The summed E-state index contributed by atoms with van der Waals surface area (Å²) in [7, 11) is 0. The second-order valence-corrected chi connectivity index (χ2v) is 5.11. The minimum absolute atomic E-state index is 0. The zero-order chi connectivity index (χ0) is 12.3. The van der Waals surface area contributed by atoms with Gasteiger partial charge in [0, 0.05) is 13.0 Å². The second kappa shape index (κ2) is 6.95. The van der Waals surface area contributed by atoms with Crippen molar-refractivity contribution in [2.45, 2.75) is 33.1 Å². The molecule has 1 aromatic rings. The summed E-state index contributed by atoms with van der Waals surface area (Å²) >= 11 is 0. The van der Waals surface area contributed by atoms with E-state index in [0.717, 1.165) is 31.3 Å². The van der Waals surface area contributed by atoms with Crippen LogP contribution >= 0.6 is 0 Å². The maximum absolute atomic E-state index is 11.8. The Balaban J connectivity index is 0.00000162. The third-order valence-corrected chi connectivity index (χ3v) is 3.55. The highest BCUT2D eigenvalue weighted by atomic mass is 35.5. The Morgan fingerprint density at radius 3 is 2.61 bits per heavy atom. The Labute approximate surface area is 115 Å². The molecule has 0 saturated carbocycles. The van der Waals surface area contributed by atoms with Gasteiger partial charge < -0.3 is 21.7 Å². The molecule has 1 aliphatic heterocycles. The Hall–Kier alpha value is -0.800. The first-order chi connectivity index (χ1) is 8.15. The van der Waals surface area contributed by atoms with Gasteiger partial charge in [-0.2, -0.15) is 0 Å². The van der Waals surface area contributed by atoms with Gasteiger partial charge in [0.05, 0.1) is 0 Å². The van der Waals surface area contributed by atoms with Gasteiger partial charge in [-0.15, -0.1) is 0 Å². The van der Waals surface area contributed by atoms with Gasteiger partial charge in [0.2, 0.25) is 0 Å². The number of piperidine rings is 1. The standard InChI is InChI=1S/C14H21NO2.ClH/c1-11-5-8-15(9-6-11)10-7-13(16)14-4-3-12(2)17-14;/h3-4,11H,5-10H2,1-2H3;1H/p-1. The maximum atomic E-state index is 11.8. The highest BCUT2D eigenvalue weighted by Gasteiger charge is 2.17. The number of aryl methyl sites for hydroxylation is 1. The van der Waals surface area contributed by atoms with Crippen molar-refractivity contribution in [1.82, 2.24) is 4.90 Å². The van der Waals surface area contributed by atoms with Gasteiger partial charge in [0.15, 0.2) is 11.5 Å². The molecule has 2 rings (SSSR count). The molecule has 102 valence electrons. The first-order valence-electron chi connectivity index (χ1n) is 6.47. The summed E-state index contributed by atoms with van der Waals surface area (Å²) in [5, 5.41) is 0. The molecule has 1 fully saturated rings. The van der Waals surface area contributed by atoms with Crippen LogP contribution in [-0.2, 0) is 0 Å². The fourth-order valence-corrected chi connectivity index (χ4v) is 2.25. The van der Waals surface area contributed by atoms with E-state index in [1.807, 2.05) is 13.0 Å². The van der Waals surface area contributed by atoms with Crippen molar-refractivity contribution in [3.05, 3.63) is 23.7 Å². The van der Waals surface area contributed by atoms with Gasteiger partial charge in [-0.3, -0.25) is 4.79 Å². The highest BCUT2D eigenvalue weighted by molar-refractivity contribution is 5.93. The quantitative estimate of drug-likeness (QED) is 0.717. The van der Waals surface area contributed by atoms with E-state index in [0.29, 0.717) is 12.2 Å². The molecule has 0 aliphatic carbocycles. The molecule has 0 radical (unpaired) electrons. The van der Waals surface area contributed by atoms with E-state index in [9.17, 15) is 4.79 Å². The van der Waals surface area contributed by atoms with Gasteiger partial charge in [0.25, 0.3) is 0 Å². The third kappa shape index (κ3) is 4.14. The summed E-state index contributed by atoms with van der Waals surface area (Å²) in [5.74, 6) is 2.28. The molecule has 1 aliphatic rings. The number of furan rings is 1. The number of ketones is 1. The molecule has 0 bridgehead atoms. The molecular weight excluding hydrogens is 250 g/mol.